The van der Waals surface area contributed by atoms with Gasteiger partial charge in [0.25, 0.3) is 0 Å². The molecule has 0 radical (unpaired) electrons. The second-order valence-corrected chi connectivity index (χ2v) is 7.44. The Morgan fingerprint density at radius 1 is 1.03 bits per heavy atom. The number of carbonyl (C=O) groups excluding carboxylic acids is 1. The van der Waals surface area contributed by atoms with Gasteiger partial charge in [-0.1, -0.05) is 29.4 Å². The van der Waals surface area contributed by atoms with E-state index in [1.54, 1.807) is 6.20 Å². The summed E-state index contributed by atoms with van der Waals surface area (Å²) in [5, 5.41) is 8.95. The summed E-state index contributed by atoms with van der Waals surface area (Å²) in [5.74, 6) is 2.09. The normalized spacial score (nSPS) is 14.4. The third-order valence-electron chi connectivity index (χ3n) is 5.50. The van der Waals surface area contributed by atoms with Gasteiger partial charge in [-0.25, -0.2) is 4.98 Å². The molecular formula is C22H22N6O3. The third kappa shape index (κ3) is 3.86. The van der Waals surface area contributed by atoms with Crippen LogP contribution in [0.2, 0.25) is 0 Å². The maximum atomic E-state index is 12.8. The predicted molar refractivity (Wildman–Crippen MR) is 113 cm³/mol. The zero-order chi connectivity index (χ0) is 21.2. The molecule has 1 amide bonds. The summed E-state index contributed by atoms with van der Waals surface area (Å²) < 4.78 is 10.5. The van der Waals surface area contributed by atoms with Crippen LogP contribution >= 0.6 is 0 Å². The van der Waals surface area contributed by atoms with Crippen molar-refractivity contribution >= 4 is 22.7 Å². The van der Waals surface area contributed by atoms with Gasteiger partial charge in [-0.05, 0) is 24.3 Å². The summed E-state index contributed by atoms with van der Waals surface area (Å²) in [6.45, 7) is 4.70. The zero-order valence-electron chi connectivity index (χ0n) is 17.2. The van der Waals surface area contributed by atoms with E-state index >= 15 is 0 Å². The minimum atomic E-state index is 0.0610. The number of fused-ring (bicyclic) bond motifs is 1. The predicted octanol–water partition coefficient (Wildman–Crippen LogP) is 2.73. The molecule has 0 saturated carbocycles. The van der Waals surface area contributed by atoms with Gasteiger partial charge in [-0.15, -0.1) is 0 Å². The Bertz CT molecular complexity index is 1190. The Balaban J connectivity index is 1.19. The molecule has 0 atom stereocenters. The minimum absolute atomic E-state index is 0.0610. The molecule has 3 aromatic heterocycles. The Labute approximate surface area is 178 Å². The van der Waals surface area contributed by atoms with Crippen molar-refractivity contribution < 1.29 is 13.8 Å². The summed E-state index contributed by atoms with van der Waals surface area (Å²) in [4.78, 5) is 25.7. The first-order chi connectivity index (χ1) is 15.2. The van der Waals surface area contributed by atoms with Gasteiger partial charge in [-0.3, -0.25) is 4.79 Å². The molecule has 4 heterocycles. The molecule has 1 aromatic carbocycles. The SMILES string of the molecule is CCc1nc(-c2ccc(N3CCN(C(=O)Cc4noc5ccccc45)CC3)nc2)no1. The van der Waals surface area contributed by atoms with E-state index < -0.39 is 0 Å². The van der Waals surface area contributed by atoms with Crippen molar-refractivity contribution in [3.05, 3.63) is 54.2 Å². The fourth-order valence-corrected chi connectivity index (χ4v) is 3.73. The lowest BCUT2D eigenvalue weighted by Crippen LogP contribution is -2.49. The van der Waals surface area contributed by atoms with Crippen LogP contribution in [0.5, 0.6) is 0 Å². The Morgan fingerprint density at radius 2 is 1.87 bits per heavy atom. The number of piperazine rings is 1. The molecule has 9 nitrogen and oxygen atoms in total. The smallest absolute Gasteiger partial charge is 0.228 e. The van der Waals surface area contributed by atoms with Crippen molar-refractivity contribution in [2.24, 2.45) is 0 Å². The number of carbonyl (C=O) groups is 1. The van der Waals surface area contributed by atoms with Crippen LogP contribution in [0.4, 0.5) is 5.82 Å². The average molecular weight is 418 g/mol. The number of amides is 1. The van der Waals surface area contributed by atoms with E-state index in [1.165, 1.54) is 0 Å². The second kappa shape index (κ2) is 8.17. The molecule has 9 heteroatoms. The zero-order valence-corrected chi connectivity index (χ0v) is 17.2. The molecule has 4 aromatic rings. The molecule has 1 fully saturated rings. The molecule has 1 aliphatic rings. The molecule has 0 bridgehead atoms. The number of rotatable bonds is 5. The fraction of sp³-hybridized carbons (Fsp3) is 0.318. The van der Waals surface area contributed by atoms with E-state index in [9.17, 15) is 4.79 Å². The van der Waals surface area contributed by atoms with Crippen molar-refractivity contribution in [1.82, 2.24) is 25.2 Å². The van der Waals surface area contributed by atoms with Gasteiger partial charge in [0, 0.05) is 49.7 Å². The van der Waals surface area contributed by atoms with Crippen molar-refractivity contribution in [3.63, 3.8) is 0 Å². The van der Waals surface area contributed by atoms with Crippen LogP contribution in [-0.4, -0.2) is 57.3 Å². The van der Waals surface area contributed by atoms with Crippen LogP contribution in [-0.2, 0) is 17.6 Å². The van der Waals surface area contributed by atoms with E-state index in [2.05, 4.69) is 25.2 Å². The molecular weight excluding hydrogens is 396 g/mol. The highest BCUT2D eigenvalue weighted by molar-refractivity contribution is 5.86. The first kappa shape index (κ1) is 19.2. The quantitative estimate of drug-likeness (QED) is 0.488. The van der Waals surface area contributed by atoms with Gasteiger partial charge in [0.15, 0.2) is 5.58 Å². The Morgan fingerprint density at radius 3 is 2.61 bits per heavy atom. The van der Waals surface area contributed by atoms with Crippen LogP contribution in [0.15, 0.2) is 51.6 Å². The number of anilines is 1. The summed E-state index contributed by atoms with van der Waals surface area (Å²) in [7, 11) is 0. The summed E-state index contributed by atoms with van der Waals surface area (Å²) in [6, 6.07) is 11.5. The third-order valence-corrected chi connectivity index (χ3v) is 5.50. The van der Waals surface area contributed by atoms with Gasteiger partial charge >= 0.3 is 0 Å². The molecule has 0 aliphatic carbocycles. The number of benzene rings is 1. The summed E-state index contributed by atoms with van der Waals surface area (Å²) in [5.41, 5.74) is 2.21. The van der Waals surface area contributed by atoms with Crippen LogP contribution in [0.25, 0.3) is 22.4 Å². The lowest BCUT2D eigenvalue weighted by atomic mass is 10.1. The summed E-state index contributed by atoms with van der Waals surface area (Å²) >= 11 is 0. The highest BCUT2D eigenvalue weighted by atomic mass is 16.5. The Hall–Kier alpha value is -3.75. The van der Waals surface area contributed by atoms with Crippen molar-refractivity contribution in [3.8, 4) is 11.4 Å². The number of pyridine rings is 1. The van der Waals surface area contributed by atoms with Crippen molar-refractivity contribution in [1.29, 1.82) is 0 Å². The molecule has 1 aliphatic heterocycles. The number of hydrogen-bond acceptors (Lipinski definition) is 8. The molecule has 31 heavy (non-hydrogen) atoms. The van der Waals surface area contributed by atoms with Gasteiger partial charge in [0.05, 0.1) is 6.42 Å². The van der Waals surface area contributed by atoms with E-state index in [-0.39, 0.29) is 12.3 Å². The highest BCUT2D eigenvalue weighted by Crippen LogP contribution is 2.21. The number of hydrogen-bond donors (Lipinski definition) is 0. The molecule has 0 unspecified atom stereocenters. The maximum Gasteiger partial charge on any atom is 0.228 e. The van der Waals surface area contributed by atoms with Crippen LogP contribution < -0.4 is 4.90 Å². The molecule has 5 rings (SSSR count). The first-order valence-electron chi connectivity index (χ1n) is 10.4. The van der Waals surface area contributed by atoms with Gasteiger partial charge in [-0.2, -0.15) is 4.98 Å². The van der Waals surface area contributed by atoms with Crippen LogP contribution in [0.1, 0.15) is 18.5 Å². The lowest BCUT2D eigenvalue weighted by Gasteiger charge is -2.35. The summed E-state index contributed by atoms with van der Waals surface area (Å²) in [6.07, 6.45) is 2.70. The Kier molecular flexibility index (Phi) is 5.07. The number of aryl methyl sites for hydroxylation is 1. The van der Waals surface area contributed by atoms with E-state index in [0.29, 0.717) is 42.5 Å². The number of aromatic nitrogens is 4. The molecule has 1 saturated heterocycles. The van der Waals surface area contributed by atoms with E-state index in [0.717, 1.165) is 29.9 Å². The first-order valence-corrected chi connectivity index (χ1v) is 10.4. The number of nitrogens with zero attached hydrogens (tertiary/aromatic N) is 6. The van der Waals surface area contributed by atoms with Gasteiger partial charge < -0.3 is 18.8 Å². The molecule has 0 N–H and O–H groups in total. The largest absolute Gasteiger partial charge is 0.356 e. The number of para-hydroxylation sites is 1. The molecule has 0 spiro atoms. The lowest BCUT2D eigenvalue weighted by molar-refractivity contribution is -0.130. The molecule has 158 valence electrons. The standard InChI is InChI=1S/C22H22N6O3/c1-2-20-24-22(26-31-20)15-7-8-19(23-14-15)27-9-11-28(12-10-27)21(29)13-17-16-5-3-4-6-18(16)30-25-17/h3-8,14H,2,9-13H2,1H3. The van der Waals surface area contributed by atoms with Crippen molar-refractivity contribution in [2.45, 2.75) is 19.8 Å². The second-order valence-electron chi connectivity index (χ2n) is 7.44. The minimum Gasteiger partial charge on any atom is -0.356 e. The average Bonchev–Trinajstić information content (AvgIpc) is 3.47. The van der Waals surface area contributed by atoms with E-state index in [1.807, 2.05) is 48.2 Å². The highest BCUT2D eigenvalue weighted by Gasteiger charge is 2.23. The van der Waals surface area contributed by atoms with Gasteiger partial charge in [0.1, 0.15) is 11.5 Å². The topological polar surface area (TPSA) is 101 Å². The van der Waals surface area contributed by atoms with Gasteiger partial charge in [0.2, 0.25) is 17.6 Å². The van der Waals surface area contributed by atoms with E-state index in [4.69, 9.17) is 9.05 Å². The maximum absolute atomic E-state index is 12.8. The van der Waals surface area contributed by atoms with Crippen molar-refractivity contribution in [2.75, 3.05) is 31.1 Å². The fourth-order valence-electron chi connectivity index (χ4n) is 3.73. The van der Waals surface area contributed by atoms with Crippen LogP contribution in [0.3, 0.4) is 0 Å². The monoisotopic (exact) mass is 418 g/mol. The van der Waals surface area contributed by atoms with Crippen LogP contribution in [0, 0.1) is 0 Å².